The molecule has 0 aliphatic carbocycles. The molecule has 0 bridgehead atoms. The number of amides is 2. The summed E-state index contributed by atoms with van der Waals surface area (Å²) < 4.78 is 11.2. The highest BCUT2D eigenvalue weighted by Crippen LogP contribution is 2.25. The van der Waals surface area contributed by atoms with Crippen LogP contribution in [0.2, 0.25) is 5.02 Å². The topological polar surface area (TPSA) is 67.9 Å². The van der Waals surface area contributed by atoms with Gasteiger partial charge in [-0.25, -0.2) is 0 Å². The Bertz CT molecular complexity index is 846. The summed E-state index contributed by atoms with van der Waals surface area (Å²) in [4.78, 5) is 26.1. The maximum Gasteiger partial charge on any atom is 0.255 e. The van der Waals surface area contributed by atoms with E-state index in [1.54, 1.807) is 56.6 Å². The fourth-order valence-corrected chi connectivity index (χ4v) is 3.04. The molecule has 3 rings (SSSR count). The number of ether oxygens (including phenoxy) is 2. The van der Waals surface area contributed by atoms with Gasteiger partial charge in [-0.2, -0.15) is 0 Å². The molecule has 1 saturated heterocycles. The number of nitrogens with one attached hydrogen (secondary N) is 1. The summed E-state index contributed by atoms with van der Waals surface area (Å²) in [6.07, 6.45) is 2.22. The Labute approximate surface area is 169 Å². The smallest absolute Gasteiger partial charge is 0.255 e. The maximum atomic E-state index is 12.5. The Morgan fingerprint density at radius 1 is 1.18 bits per heavy atom. The van der Waals surface area contributed by atoms with E-state index in [1.807, 2.05) is 0 Å². The van der Waals surface area contributed by atoms with E-state index in [-0.39, 0.29) is 17.9 Å². The van der Waals surface area contributed by atoms with Gasteiger partial charge in [0.25, 0.3) is 11.8 Å². The van der Waals surface area contributed by atoms with Crippen LogP contribution in [0.3, 0.4) is 0 Å². The van der Waals surface area contributed by atoms with Crippen molar-refractivity contribution in [1.82, 2.24) is 4.90 Å². The second-order valence-corrected chi connectivity index (χ2v) is 7.23. The molecule has 1 heterocycles. The van der Waals surface area contributed by atoms with Crippen molar-refractivity contribution in [3.8, 4) is 5.75 Å². The summed E-state index contributed by atoms with van der Waals surface area (Å²) in [6, 6.07) is 11.7. The monoisotopic (exact) mass is 402 g/mol. The van der Waals surface area contributed by atoms with Crippen molar-refractivity contribution in [2.45, 2.75) is 18.9 Å². The van der Waals surface area contributed by atoms with E-state index in [4.69, 9.17) is 21.1 Å². The van der Waals surface area contributed by atoms with Gasteiger partial charge in [-0.05, 0) is 55.3 Å². The van der Waals surface area contributed by atoms with Gasteiger partial charge in [0.2, 0.25) is 0 Å². The molecule has 7 heteroatoms. The highest BCUT2D eigenvalue weighted by molar-refractivity contribution is 6.34. The molecule has 1 aliphatic rings. The number of hydrogen-bond acceptors (Lipinski definition) is 4. The van der Waals surface area contributed by atoms with Gasteiger partial charge in [-0.1, -0.05) is 11.6 Å². The lowest BCUT2D eigenvalue weighted by Crippen LogP contribution is -2.22. The van der Waals surface area contributed by atoms with Crippen LogP contribution >= 0.6 is 11.6 Å². The van der Waals surface area contributed by atoms with Gasteiger partial charge in [0.15, 0.2) is 0 Å². The summed E-state index contributed by atoms with van der Waals surface area (Å²) in [5, 5.41) is 3.12. The quantitative estimate of drug-likeness (QED) is 0.796. The lowest BCUT2D eigenvalue weighted by Gasteiger charge is -2.13. The van der Waals surface area contributed by atoms with Crippen molar-refractivity contribution in [2.24, 2.45) is 0 Å². The predicted molar refractivity (Wildman–Crippen MR) is 108 cm³/mol. The molecule has 28 heavy (non-hydrogen) atoms. The third-order valence-electron chi connectivity index (χ3n) is 4.44. The van der Waals surface area contributed by atoms with Gasteiger partial charge in [-0.3, -0.25) is 9.59 Å². The Morgan fingerprint density at radius 3 is 2.54 bits per heavy atom. The third-order valence-corrected chi connectivity index (χ3v) is 4.77. The van der Waals surface area contributed by atoms with Crippen LogP contribution in [0.4, 0.5) is 5.69 Å². The van der Waals surface area contributed by atoms with Crippen LogP contribution in [-0.4, -0.2) is 50.1 Å². The normalized spacial score (nSPS) is 15.9. The molecule has 0 saturated carbocycles. The molecule has 6 nitrogen and oxygen atoms in total. The zero-order valence-electron chi connectivity index (χ0n) is 15.9. The van der Waals surface area contributed by atoms with E-state index >= 15 is 0 Å². The fourth-order valence-electron chi connectivity index (χ4n) is 2.87. The molecule has 148 valence electrons. The van der Waals surface area contributed by atoms with Crippen molar-refractivity contribution in [2.75, 3.05) is 32.6 Å². The standard InChI is InChI=1S/C21H23ClN2O4/c1-24(2)21(26)15-7-10-18(22)19(12-15)23-20(25)14-5-8-16(9-6-14)28-13-17-4-3-11-27-17/h5-10,12,17H,3-4,11,13H2,1-2H3,(H,23,25). The molecule has 1 N–H and O–H groups in total. The molecule has 1 unspecified atom stereocenters. The average Bonchev–Trinajstić information content (AvgIpc) is 3.21. The number of hydrogen-bond donors (Lipinski definition) is 1. The predicted octanol–water partition coefficient (Wildman–Crippen LogP) is 3.85. The van der Waals surface area contributed by atoms with Crippen LogP contribution in [0.1, 0.15) is 33.6 Å². The average molecular weight is 403 g/mol. The van der Waals surface area contributed by atoms with Gasteiger partial charge < -0.3 is 19.7 Å². The number of nitrogens with zero attached hydrogens (tertiary/aromatic N) is 1. The number of anilines is 1. The van der Waals surface area contributed by atoms with E-state index in [2.05, 4.69) is 5.32 Å². The minimum atomic E-state index is -0.318. The highest BCUT2D eigenvalue weighted by Gasteiger charge is 2.16. The molecule has 1 fully saturated rings. The molecule has 0 spiro atoms. The van der Waals surface area contributed by atoms with Crippen LogP contribution in [0.25, 0.3) is 0 Å². The second-order valence-electron chi connectivity index (χ2n) is 6.82. The number of rotatable bonds is 6. The largest absolute Gasteiger partial charge is 0.491 e. The second kappa shape index (κ2) is 9.08. The summed E-state index contributed by atoms with van der Waals surface area (Å²) in [6.45, 7) is 1.30. The van der Waals surface area contributed by atoms with Crippen LogP contribution < -0.4 is 10.1 Å². The van der Waals surface area contributed by atoms with Crippen LogP contribution in [-0.2, 0) is 4.74 Å². The molecule has 1 atom stereocenters. The number of carbonyl (C=O) groups is 2. The zero-order valence-corrected chi connectivity index (χ0v) is 16.7. The molecule has 2 aromatic carbocycles. The Hall–Kier alpha value is -2.57. The lowest BCUT2D eigenvalue weighted by atomic mass is 10.1. The minimum absolute atomic E-state index is 0.141. The summed E-state index contributed by atoms with van der Waals surface area (Å²) in [5.74, 6) is 0.200. The molecule has 0 aromatic heterocycles. The number of benzene rings is 2. The van der Waals surface area contributed by atoms with Crippen molar-refractivity contribution >= 4 is 29.1 Å². The van der Waals surface area contributed by atoms with E-state index in [0.717, 1.165) is 19.4 Å². The molecule has 2 aromatic rings. The van der Waals surface area contributed by atoms with Crippen LogP contribution in [0.5, 0.6) is 5.75 Å². The SMILES string of the molecule is CN(C)C(=O)c1ccc(Cl)c(NC(=O)c2ccc(OCC3CCCO3)cc2)c1. The molecular weight excluding hydrogens is 380 g/mol. The van der Waals surface area contributed by atoms with Gasteiger partial charge in [0.05, 0.1) is 16.8 Å². The minimum Gasteiger partial charge on any atom is -0.491 e. The lowest BCUT2D eigenvalue weighted by molar-refractivity contribution is 0.0679. The van der Waals surface area contributed by atoms with E-state index in [0.29, 0.717) is 34.2 Å². The first-order valence-corrected chi connectivity index (χ1v) is 9.49. The molecule has 0 radical (unpaired) electrons. The first-order chi connectivity index (χ1) is 13.4. The van der Waals surface area contributed by atoms with Gasteiger partial charge in [0, 0.05) is 31.8 Å². The highest BCUT2D eigenvalue weighted by atomic mass is 35.5. The van der Waals surface area contributed by atoms with E-state index < -0.39 is 0 Å². The van der Waals surface area contributed by atoms with Gasteiger partial charge >= 0.3 is 0 Å². The first kappa shape index (κ1) is 20.2. The summed E-state index contributed by atoms with van der Waals surface area (Å²) in [5.41, 5.74) is 1.30. The van der Waals surface area contributed by atoms with Crippen molar-refractivity contribution in [3.05, 3.63) is 58.6 Å². The summed E-state index contributed by atoms with van der Waals surface area (Å²) in [7, 11) is 3.33. The first-order valence-electron chi connectivity index (χ1n) is 9.11. The number of carbonyl (C=O) groups excluding carboxylic acids is 2. The molecular formula is C21H23ClN2O4. The van der Waals surface area contributed by atoms with E-state index in [1.165, 1.54) is 4.90 Å². The van der Waals surface area contributed by atoms with Crippen molar-refractivity contribution in [1.29, 1.82) is 0 Å². The van der Waals surface area contributed by atoms with E-state index in [9.17, 15) is 9.59 Å². The summed E-state index contributed by atoms with van der Waals surface area (Å²) >= 11 is 6.17. The molecule has 2 amide bonds. The molecule has 1 aliphatic heterocycles. The van der Waals surface area contributed by atoms with Crippen molar-refractivity contribution < 1.29 is 19.1 Å². The Morgan fingerprint density at radius 2 is 1.89 bits per heavy atom. The van der Waals surface area contributed by atoms with Gasteiger partial charge in [0.1, 0.15) is 12.4 Å². The van der Waals surface area contributed by atoms with Gasteiger partial charge in [-0.15, -0.1) is 0 Å². The third kappa shape index (κ3) is 5.03. The fraction of sp³-hybridized carbons (Fsp3) is 0.333. The maximum absolute atomic E-state index is 12.5. The van der Waals surface area contributed by atoms with Crippen LogP contribution in [0, 0.1) is 0 Å². The van der Waals surface area contributed by atoms with Crippen LogP contribution in [0.15, 0.2) is 42.5 Å². The zero-order chi connectivity index (χ0) is 20.1. The number of halogens is 1. The Balaban J connectivity index is 1.64. The van der Waals surface area contributed by atoms with Crippen molar-refractivity contribution in [3.63, 3.8) is 0 Å². The Kier molecular flexibility index (Phi) is 6.54.